The second kappa shape index (κ2) is 13.3. The molecule has 0 spiro atoms. The second-order valence-electron chi connectivity index (χ2n) is 9.70. The Morgan fingerprint density at radius 3 is 1.85 bits per heavy atom. The lowest BCUT2D eigenvalue weighted by Crippen LogP contribution is -2.61. The zero-order valence-corrected chi connectivity index (χ0v) is 22.3. The van der Waals surface area contributed by atoms with Gasteiger partial charge in [-0.1, -0.05) is 24.3 Å². The van der Waals surface area contributed by atoms with E-state index in [2.05, 4.69) is 0 Å². The number of hydrogen-bond donors (Lipinski definition) is 6. The molecule has 12 nitrogen and oxygen atoms in total. The van der Waals surface area contributed by atoms with E-state index in [-0.39, 0.29) is 6.61 Å². The van der Waals surface area contributed by atoms with Crippen LogP contribution in [-0.2, 0) is 14.2 Å². The lowest BCUT2D eigenvalue weighted by Gasteiger charge is -2.42. The summed E-state index contributed by atoms with van der Waals surface area (Å²) in [6, 6.07) is 12.4. The van der Waals surface area contributed by atoms with E-state index >= 15 is 0 Å². The van der Waals surface area contributed by atoms with Crippen molar-refractivity contribution in [1.29, 1.82) is 0 Å². The van der Waals surface area contributed by atoms with Gasteiger partial charge in [0, 0.05) is 6.07 Å². The van der Waals surface area contributed by atoms with Crippen LogP contribution in [0.1, 0.15) is 18.1 Å². The molecule has 220 valence electrons. The summed E-state index contributed by atoms with van der Waals surface area (Å²) in [5.41, 5.74) is 1.73. The molecule has 0 radical (unpaired) electrons. The molecule has 2 fully saturated rings. The molecule has 0 saturated carbocycles. The number of benzene rings is 2. The van der Waals surface area contributed by atoms with Crippen molar-refractivity contribution < 1.29 is 59.1 Å². The maximum atomic E-state index is 10.4. The van der Waals surface area contributed by atoms with Crippen LogP contribution >= 0.6 is 0 Å². The highest BCUT2D eigenvalue weighted by Crippen LogP contribution is 2.28. The van der Waals surface area contributed by atoms with E-state index in [0.29, 0.717) is 17.2 Å². The Balaban J connectivity index is 1.37. The van der Waals surface area contributed by atoms with Gasteiger partial charge in [0.1, 0.15) is 60.0 Å². The van der Waals surface area contributed by atoms with Gasteiger partial charge in [-0.2, -0.15) is 0 Å². The van der Waals surface area contributed by atoms with Crippen LogP contribution in [0.5, 0.6) is 17.2 Å². The lowest BCUT2D eigenvalue weighted by molar-refractivity contribution is -0.318. The highest BCUT2D eigenvalue weighted by atomic mass is 16.7. The van der Waals surface area contributed by atoms with Crippen LogP contribution in [0.2, 0.25) is 0 Å². The molecule has 10 unspecified atom stereocenters. The summed E-state index contributed by atoms with van der Waals surface area (Å²) in [4.78, 5) is 0. The van der Waals surface area contributed by atoms with Crippen LogP contribution in [-0.4, -0.2) is 113 Å². The van der Waals surface area contributed by atoms with E-state index < -0.39 is 61.4 Å². The van der Waals surface area contributed by atoms with Gasteiger partial charge in [-0.15, -0.1) is 0 Å². The molecular weight excluding hydrogens is 528 g/mol. The number of methoxy groups -OCH3 is 2. The first-order chi connectivity index (χ1) is 19.1. The third-order valence-corrected chi connectivity index (χ3v) is 6.88. The van der Waals surface area contributed by atoms with Crippen LogP contribution < -0.4 is 14.2 Å². The van der Waals surface area contributed by atoms with Crippen molar-refractivity contribution in [3.8, 4) is 17.2 Å². The summed E-state index contributed by atoms with van der Waals surface area (Å²) in [5.74, 6) is 1.67. The number of aliphatic hydroxyl groups excluding tert-OH is 6. The van der Waals surface area contributed by atoms with E-state index in [4.69, 9.17) is 28.4 Å². The first kappa shape index (κ1) is 30.2. The lowest BCUT2D eigenvalue weighted by atomic mass is 9.98. The van der Waals surface area contributed by atoms with Gasteiger partial charge >= 0.3 is 0 Å². The van der Waals surface area contributed by atoms with Crippen LogP contribution in [0.4, 0.5) is 0 Å². The third-order valence-electron chi connectivity index (χ3n) is 6.88. The Morgan fingerprint density at radius 2 is 1.23 bits per heavy atom. The van der Waals surface area contributed by atoms with Gasteiger partial charge in [-0.05, 0) is 42.3 Å². The van der Waals surface area contributed by atoms with Gasteiger partial charge in [0.15, 0.2) is 6.29 Å². The minimum Gasteiger partial charge on any atom is -0.497 e. The highest BCUT2D eigenvalue weighted by Gasteiger charge is 2.47. The van der Waals surface area contributed by atoms with Crippen molar-refractivity contribution in [3.63, 3.8) is 0 Å². The molecule has 12 heteroatoms. The molecule has 4 rings (SSSR count). The zero-order chi connectivity index (χ0) is 29.0. The minimum absolute atomic E-state index is 0.337. The largest absolute Gasteiger partial charge is 0.497 e. The zero-order valence-electron chi connectivity index (χ0n) is 22.3. The van der Waals surface area contributed by atoms with Gasteiger partial charge in [0.05, 0.1) is 26.9 Å². The van der Waals surface area contributed by atoms with Crippen LogP contribution in [0.25, 0.3) is 12.2 Å². The summed E-state index contributed by atoms with van der Waals surface area (Å²) in [5, 5.41) is 61.1. The van der Waals surface area contributed by atoms with Crippen molar-refractivity contribution in [1.82, 2.24) is 0 Å². The molecule has 2 heterocycles. The van der Waals surface area contributed by atoms with Crippen LogP contribution in [0.3, 0.4) is 0 Å². The molecule has 2 saturated heterocycles. The molecule has 2 aliphatic rings. The Morgan fingerprint density at radius 1 is 0.650 bits per heavy atom. The van der Waals surface area contributed by atoms with Crippen LogP contribution in [0.15, 0.2) is 42.5 Å². The molecule has 2 aliphatic heterocycles. The fraction of sp³-hybridized carbons (Fsp3) is 0.500. The van der Waals surface area contributed by atoms with E-state index in [9.17, 15) is 30.6 Å². The summed E-state index contributed by atoms with van der Waals surface area (Å²) in [6.45, 7) is 1.13. The second-order valence-corrected chi connectivity index (χ2v) is 9.70. The van der Waals surface area contributed by atoms with Crippen molar-refractivity contribution in [2.24, 2.45) is 0 Å². The highest BCUT2D eigenvalue weighted by molar-refractivity contribution is 5.71. The standard InChI is InChI=1S/C28H36O12/c1-14-21(29)23(31)25(33)27(38-14)37-13-20-22(30)24(32)26(34)28(40-20)39-17-8-6-15(7-9-17)4-5-16-10-18(35-2)12-19(11-16)36-3/h4-12,14,20-34H,13H2,1-3H3. The number of hydrogen-bond acceptors (Lipinski definition) is 12. The molecule has 10 atom stereocenters. The van der Waals surface area contributed by atoms with E-state index in [1.807, 2.05) is 24.3 Å². The Hall–Kier alpha value is -2.78. The first-order valence-corrected chi connectivity index (χ1v) is 12.8. The average molecular weight is 565 g/mol. The summed E-state index contributed by atoms with van der Waals surface area (Å²) >= 11 is 0. The number of ether oxygens (including phenoxy) is 6. The number of rotatable bonds is 9. The molecule has 6 N–H and O–H groups in total. The SMILES string of the molecule is COc1cc(C=Cc2ccc(OC3OC(COC4OC(C)C(O)C(O)C4O)C(O)C(O)C3O)cc2)cc(OC)c1. The van der Waals surface area contributed by atoms with Crippen molar-refractivity contribution >= 4 is 12.2 Å². The summed E-state index contributed by atoms with van der Waals surface area (Å²) < 4.78 is 32.9. The number of aliphatic hydroxyl groups is 6. The van der Waals surface area contributed by atoms with Gasteiger partial charge in [-0.3, -0.25) is 0 Å². The Kier molecular flexibility index (Phi) is 10.0. The third kappa shape index (κ3) is 6.92. The predicted octanol–water partition coefficient (Wildman–Crippen LogP) is -0.0953. The minimum atomic E-state index is -1.61. The Labute approximate surface area is 231 Å². The smallest absolute Gasteiger partial charge is 0.229 e. The molecule has 0 aliphatic carbocycles. The quantitative estimate of drug-likeness (QED) is 0.223. The molecule has 2 aromatic rings. The maximum absolute atomic E-state index is 10.4. The molecular formula is C28H36O12. The van der Waals surface area contributed by atoms with E-state index in [0.717, 1.165) is 11.1 Å². The van der Waals surface area contributed by atoms with E-state index in [1.54, 1.807) is 44.6 Å². The Bertz CT molecular complexity index is 1100. The van der Waals surface area contributed by atoms with Gasteiger partial charge in [0.2, 0.25) is 6.29 Å². The summed E-state index contributed by atoms with van der Waals surface area (Å²) in [6.07, 6.45) is -9.92. The molecule has 0 bridgehead atoms. The topological polar surface area (TPSA) is 177 Å². The van der Waals surface area contributed by atoms with Crippen molar-refractivity contribution in [2.75, 3.05) is 20.8 Å². The summed E-state index contributed by atoms with van der Waals surface area (Å²) in [7, 11) is 3.16. The van der Waals surface area contributed by atoms with E-state index in [1.165, 1.54) is 6.92 Å². The molecule has 0 amide bonds. The van der Waals surface area contributed by atoms with Gasteiger partial charge in [-0.25, -0.2) is 0 Å². The fourth-order valence-corrected chi connectivity index (χ4v) is 4.40. The molecule has 0 aromatic heterocycles. The first-order valence-electron chi connectivity index (χ1n) is 12.8. The molecule has 2 aromatic carbocycles. The fourth-order valence-electron chi connectivity index (χ4n) is 4.40. The maximum Gasteiger partial charge on any atom is 0.229 e. The average Bonchev–Trinajstić information content (AvgIpc) is 2.97. The van der Waals surface area contributed by atoms with Crippen LogP contribution in [0, 0.1) is 0 Å². The monoisotopic (exact) mass is 564 g/mol. The normalized spacial score (nSPS) is 34.5. The van der Waals surface area contributed by atoms with Crippen molar-refractivity contribution in [3.05, 3.63) is 53.6 Å². The van der Waals surface area contributed by atoms with Gasteiger partial charge in [0.25, 0.3) is 0 Å². The van der Waals surface area contributed by atoms with Gasteiger partial charge < -0.3 is 59.1 Å². The van der Waals surface area contributed by atoms with Crippen molar-refractivity contribution in [2.45, 2.75) is 68.3 Å². The molecule has 40 heavy (non-hydrogen) atoms. The predicted molar refractivity (Wildman–Crippen MR) is 141 cm³/mol.